The van der Waals surface area contributed by atoms with Gasteiger partial charge in [-0.2, -0.15) is 5.10 Å². The Hall–Kier alpha value is -1.09. The van der Waals surface area contributed by atoms with Crippen LogP contribution in [-0.2, 0) is 13.0 Å². The second-order valence-corrected chi connectivity index (χ2v) is 6.54. The molecule has 0 aromatic carbocycles. The topological polar surface area (TPSA) is 45.5 Å². The number of aromatic nitrogens is 2. The van der Waals surface area contributed by atoms with Crippen molar-refractivity contribution < 1.29 is 0 Å². The average molecular weight is 447 g/mol. The smallest absolute Gasteiger partial charge is 0.193 e. The SMILES string of the molecule is CN=C(NCC(C)Cn1cccn1)N(C)CCc1cccs1.I. The zero-order valence-corrected chi connectivity index (χ0v) is 17.1. The van der Waals surface area contributed by atoms with E-state index in [1.807, 2.05) is 41.5 Å². The highest BCUT2D eigenvalue weighted by Gasteiger charge is 2.09. The first kappa shape index (κ1) is 20.0. The van der Waals surface area contributed by atoms with Gasteiger partial charge in [-0.15, -0.1) is 35.3 Å². The Morgan fingerprint density at radius 3 is 2.91 bits per heavy atom. The molecule has 0 saturated heterocycles. The lowest BCUT2D eigenvalue weighted by molar-refractivity contribution is 0.426. The van der Waals surface area contributed by atoms with Crippen molar-refractivity contribution in [2.45, 2.75) is 19.9 Å². The number of nitrogens with zero attached hydrogens (tertiary/aromatic N) is 4. The molecule has 2 rings (SSSR count). The van der Waals surface area contributed by atoms with Gasteiger partial charge in [-0.3, -0.25) is 9.67 Å². The number of hydrogen-bond donors (Lipinski definition) is 1. The summed E-state index contributed by atoms with van der Waals surface area (Å²) in [5, 5.41) is 9.82. The Bertz CT molecular complexity index is 553. The third-order valence-corrected chi connectivity index (χ3v) is 4.45. The first-order chi connectivity index (χ1) is 10.7. The van der Waals surface area contributed by atoms with Crippen molar-refractivity contribution in [3.05, 3.63) is 40.8 Å². The average Bonchev–Trinajstić information content (AvgIpc) is 3.19. The van der Waals surface area contributed by atoms with Gasteiger partial charge >= 0.3 is 0 Å². The number of hydrogen-bond acceptors (Lipinski definition) is 3. The minimum Gasteiger partial charge on any atom is -0.356 e. The van der Waals surface area contributed by atoms with Gasteiger partial charge < -0.3 is 10.2 Å². The Balaban J connectivity index is 0.00000264. The van der Waals surface area contributed by atoms with Crippen LogP contribution in [0.1, 0.15) is 11.8 Å². The lowest BCUT2D eigenvalue weighted by Crippen LogP contribution is -2.42. The number of halogens is 1. The van der Waals surface area contributed by atoms with Crippen LogP contribution >= 0.6 is 35.3 Å². The number of aliphatic imine (C=N–C) groups is 1. The molecule has 0 saturated carbocycles. The molecule has 0 amide bonds. The summed E-state index contributed by atoms with van der Waals surface area (Å²) in [6.45, 7) is 4.98. The van der Waals surface area contributed by atoms with Crippen LogP contribution in [0.2, 0.25) is 0 Å². The summed E-state index contributed by atoms with van der Waals surface area (Å²) in [4.78, 5) is 7.96. The quantitative estimate of drug-likeness (QED) is 0.404. The van der Waals surface area contributed by atoms with E-state index in [0.29, 0.717) is 5.92 Å². The zero-order chi connectivity index (χ0) is 15.8. The number of thiophene rings is 1. The lowest BCUT2D eigenvalue weighted by atomic mass is 10.2. The van der Waals surface area contributed by atoms with Gasteiger partial charge in [0.1, 0.15) is 0 Å². The number of rotatable bonds is 7. The van der Waals surface area contributed by atoms with E-state index in [-0.39, 0.29) is 24.0 Å². The molecule has 0 aliphatic carbocycles. The highest BCUT2D eigenvalue weighted by molar-refractivity contribution is 14.0. The predicted molar refractivity (Wildman–Crippen MR) is 109 cm³/mol. The Labute approximate surface area is 159 Å². The van der Waals surface area contributed by atoms with E-state index in [1.54, 1.807) is 0 Å². The predicted octanol–water partition coefficient (Wildman–Crippen LogP) is 2.95. The van der Waals surface area contributed by atoms with Crippen molar-refractivity contribution in [1.29, 1.82) is 0 Å². The molecule has 23 heavy (non-hydrogen) atoms. The fraction of sp³-hybridized carbons (Fsp3) is 0.500. The fourth-order valence-electron chi connectivity index (χ4n) is 2.28. The van der Waals surface area contributed by atoms with Gasteiger partial charge in [0, 0.05) is 51.0 Å². The molecule has 0 aliphatic heterocycles. The summed E-state index contributed by atoms with van der Waals surface area (Å²) in [6, 6.07) is 6.24. The van der Waals surface area contributed by atoms with Crippen LogP contribution in [0.15, 0.2) is 41.0 Å². The molecule has 128 valence electrons. The van der Waals surface area contributed by atoms with Crippen LogP contribution in [0.3, 0.4) is 0 Å². The minimum absolute atomic E-state index is 0. The Morgan fingerprint density at radius 1 is 1.48 bits per heavy atom. The molecule has 2 heterocycles. The largest absolute Gasteiger partial charge is 0.356 e. The van der Waals surface area contributed by atoms with Gasteiger partial charge in [0.15, 0.2) is 5.96 Å². The summed E-state index contributed by atoms with van der Waals surface area (Å²) >= 11 is 1.81. The van der Waals surface area contributed by atoms with E-state index in [9.17, 15) is 0 Å². The molecule has 2 aromatic heterocycles. The van der Waals surface area contributed by atoms with E-state index < -0.39 is 0 Å². The molecule has 7 heteroatoms. The summed E-state index contributed by atoms with van der Waals surface area (Å²) < 4.78 is 1.97. The van der Waals surface area contributed by atoms with Gasteiger partial charge in [-0.1, -0.05) is 13.0 Å². The molecule has 1 N–H and O–H groups in total. The first-order valence-electron chi connectivity index (χ1n) is 7.60. The van der Waals surface area contributed by atoms with Crippen LogP contribution < -0.4 is 5.32 Å². The molecule has 1 atom stereocenters. The second-order valence-electron chi connectivity index (χ2n) is 5.51. The second kappa shape index (κ2) is 10.6. The summed E-state index contributed by atoms with van der Waals surface area (Å²) in [5.74, 6) is 1.44. The van der Waals surface area contributed by atoms with E-state index >= 15 is 0 Å². The van der Waals surface area contributed by atoms with E-state index in [2.05, 4.69) is 51.8 Å². The maximum atomic E-state index is 4.37. The molecule has 0 spiro atoms. The fourth-order valence-corrected chi connectivity index (χ4v) is 2.98. The molecule has 1 unspecified atom stereocenters. The third kappa shape index (κ3) is 6.90. The van der Waals surface area contributed by atoms with Crippen LogP contribution in [0, 0.1) is 5.92 Å². The van der Waals surface area contributed by atoms with Crippen molar-refractivity contribution in [1.82, 2.24) is 20.0 Å². The Kier molecular flexibility index (Phi) is 9.23. The molecule has 5 nitrogen and oxygen atoms in total. The maximum Gasteiger partial charge on any atom is 0.193 e. The summed E-state index contributed by atoms with van der Waals surface area (Å²) in [5.41, 5.74) is 0. The third-order valence-electron chi connectivity index (χ3n) is 3.51. The maximum absolute atomic E-state index is 4.37. The van der Waals surface area contributed by atoms with Crippen LogP contribution in [0.5, 0.6) is 0 Å². The molecule has 0 radical (unpaired) electrons. The van der Waals surface area contributed by atoms with Crippen LogP contribution in [0.4, 0.5) is 0 Å². The van der Waals surface area contributed by atoms with E-state index in [1.165, 1.54) is 4.88 Å². The Morgan fingerprint density at radius 2 is 2.30 bits per heavy atom. The molecule has 0 bridgehead atoms. The molecule has 0 aliphatic rings. The van der Waals surface area contributed by atoms with Crippen molar-refractivity contribution in [2.24, 2.45) is 10.9 Å². The van der Waals surface area contributed by atoms with Gasteiger partial charge in [0.2, 0.25) is 0 Å². The summed E-state index contributed by atoms with van der Waals surface area (Å²) in [6.07, 6.45) is 4.87. The highest BCUT2D eigenvalue weighted by Crippen LogP contribution is 2.09. The van der Waals surface area contributed by atoms with Crippen molar-refractivity contribution in [3.63, 3.8) is 0 Å². The molecule has 2 aromatic rings. The summed E-state index contributed by atoms with van der Waals surface area (Å²) in [7, 11) is 3.92. The monoisotopic (exact) mass is 447 g/mol. The molecule has 0 fully saturated rings. The van der Waals surface area contributed by atoms with Gasteiger partial charge in [0.05, 0.1) is 0 Å². The standard InChI is InChI=1S/C16H25N5S.HI/c1-14(13-21-9-5-8-19-21)12-18-16(17-2)20(3)10-7-15-6-4-11-22-15;/h4-6,8-9,11,14H,7,10,12-13H2,1-3H3,(H,17,18);1H. The zero-order valence-electron chi connectivity index (χ0n) is 14.0. The molecular weight excluding hydrogens is 421 g/mol. The van der Waals surface area contributed by atoms with Crippen molar-refractivity contribution in [3.8, 4) is 0 Å². The van der Waals surface area contributed by atoms with E-state index in [0.717, 1.165) is 32.0 Å². The number of nitrogens with one attached hydrogen (secondary N) is 1. The lowest BCUT2D eigenvalue weighted by Gasteiger charge is -2.23. The van der Waals surface area contributed by atoms with Gasteiger partial charge in [-0.05, 0) is 29.9 Å². The first-order valence-corrected chi connectivity index (χ1v) is 8.48. The van der Waals surface area contributed by atoms with E-state index in [4.69, 9.17) is 0 Å². The van der Waals surface area contributed by atoms with Crippen LogP contribution in [-0.4, -0.2) is 47.8 Å². The number of likely N-dealkylation sites (N-methyl/N-ethyl adjacent to an activating group) is 1. The van der Waals surface area contributed by atoms with Gasteiger partial charge in [0.25, 0.3) is 0 Å². The van der Waals surface area contributed by atoms with Gasteiger partial charge in [-0.25, -0.2) is 0 Å². The van der Waals surface area contributed by atoms with Crippen molar-refractivity contribution in [2.75, 3.05) is 27.2 Å². The highest BCUT2D eigenvalue weighted by atomic mass is 127. The minimum atomic E-state index is 0. The normalized spacial score (nSPS) is 12.6. The molecular formula is C16H26IN5S. The van der Waals surface area contributed by atoms with Crippen LogP contribution in [0.25, 0.3) is 0 Å². The number of guanidine groups is 1. The van der Waals surface area contributed by atoms with Crippen molar-refractivity contribution >= 4 is 41.3 Å².